The number of aryl methyl sites for hydroxylation is 1. The Morgan fingerprint density at radius 1 is 1.29 bits per heavy atom. The van der Waals surface area contributed by atoms with Crippen molar-refractivity contribution in [3.05, 3.63) is 29.5 Å². The maximum atomic E-state index is 13.1. The number of nitrogen functional groups attached to an aromatic ring is 1. The molecule has 1 aromatic heterocycles. The lowest BCUT2D eigenvalue weighted by Crippen LogP contribution is -2.12. The summed E-state index contributed by atoms with van der Waals surface area (Å²) >= 11 is 1.05. The lowest BCUT2D eigenvalue weighted by atomic mass is 10.1. The van der Waals surface area contributed by atoms with Crippen molar-refractivity contribution >= 4 is 26.3 Å². The molecule has 0 saturated carbocycles. The predicted molar refractivity (Wildman–Crippen MR) is 74.8 cm³/mol. The Kier molecular flexibility index (Phi) is 3.75. The smallest absolute Gasteiger partial charge is 0.375 e. The van der Waals surface area contributed by atoms with Crippen molar-refractivity contribution in [3.63, 3.8) is 0 Å². The molecule has 114 valence electrons. The maximum Gasteiger partial charge on any atom is 0.417 e. The van der Waals surface area contributed by atoms with Gasteiger partial charge in [0.05, 0.1) is 21.0 Å². The van der Waals surface area contributed by atoms with Gasteiger partial charge in [0.2, 0.25) is 0 Å². The van der Waals surface area contributed by atoms with E-state index in [1.807, 2.05) is 0 Å². The Hall–Kier alpha value is -1.61. The number of nitrogens with two attached hydrogens (primary N) is 1. The zero-order valence-corrected chi connectivity index (χ0v) is 12.7. The molecular formula is C12H11F3N2O2S2. The van der Waals surface area contributed by atoms with Crippen LogP contribution in [0.3, 0.4) is 0 Å². The molecule has 0 aliphatic rings. The lowest BCUT2D eigenvalue weighted by Gasteiger charge is -2.13. The van der Waals surface area contributed by atoms with Crippen LogP contribution in [0.25, 0.3) is 10.4 Å². The molecule has 2 aromatic rings. The first-order valence-electron chi connectivity index (χ1n) is 5.64. The SMILES string of the molecule is Cc1nc(N)sc1-c1ccc(S(C)(=O)=O)c(C(F)(F)F)c1. The highest BCUT2D eigenvalue weighted by Gasteiger charge is 2.36. The van der Waals surface area contributed by atoms with E-state index >= 15 is 0 Å². The number of sulfone groups is 1. The third-order valence-electron chi connectivity index (χ3n) is 2.76. The molecule has 1 aromatic carbocycles. The van der Waals surface area contributed by atoms with Crippen LogP contribution in [0.15, 0.2) is 23.1 Å². The van der Waals surface area contributed by atoms with E-state index in [0.717, 1.165) is 29.7 Å². The molecule has 0 atom stereocenters. The summed E-state index contributed by atoms with van der Waals surface area (Å²) in [6.07, 6.45) is -4.02. The van der Waals surface area contributed by atoms with Crippen molar-refractivity contribution in [2.24, 2.45) is 0 Å². The molecule has 0 aliphatic heterocycles. The van der Waals surface area contributed by atoms with Crippen molar-refractivity contribution in [3.8, 4) is 10.4 Å². The molecule has 0 aliphatic carbocycles. The maximum absolute atomic E-state index is 13.1. The number of rotatable bonds is 2. The number of hydrogen-bond acceptors (Lipinski definition) is 5. The van der Waals surface area contributed by atoms with Gasteiger partial charge in [-0.2, -0.15) is 13.2 Å². The average Bonchev–Trinajstić information content (AvgIpc) is 2.65. The van der Waals surface area contributed by atoms with Crippen molar-refractivity contribution in [2.45, 2.75) is 18.0 Å². The molecule has 0 bridgehead atoms. The minimum absolute atomic E-state index is 0.237. The van der Waals surface area contributed by atoms with Crippen LogP contribution in [-0.4, -0.2) is 19.7 Å². The van der Waals surface area contributed by atoms with Gasteiger partial charge in [0.15, 0.2) is 15.0 Å². The largest absolute Gasteiger partial charge is 0.417 e. The molecule has 0 unspecified atom stereocenters. The average molecular weight is 336 g/mol. The number of halogens is 3. The minimum Gasteiger partial charge on any atom is -0.375 e. The third kappa shape index (κ3) is 3.18. The van der Waals surface area contributed by atoms with Crippen LogP contribution in [-0.2, 0) is 16.0 Å². The first kappa shape index (κ1) is 15.8. The van der Waals surface area contributed by atoms with Crippen molar-refractivity contribution in [1.29, 1.82) is 0 Å². The third-order valence-corrected chi connectivity index (χ3v) is 4.95. The summed E-state index contributed by atoms with van der Waals surface area (Å²) in [5, 5.41) is 0.239. The van der Waals surface area contributed by atoms with Crippen LogP contribution in [0.5, 0.6) is 0 Å². The fourth-order valence-corrected chi connectivity index (χ4v) is 3.62. The van der Waals surface area contributed by atoms with Crippen LogP contribution in [0.2, 0.25) is 0 Å². The quantitative estimate of drug-likeness (QED) is 0.914. The van der Waals surface area contributed by atoms with Crippen molar-refractivity contribution in [2.75, 3.05) is 12.0 Å². The van der Waals surface area contributed by atoms with E-state index in [4.69, 9.17) is 5.73 Å². The molecule has 0 fully saturated rings. The number of aromatic nitrogens is 1. The number of anilines is 1. The first-order valence-corrected chi connectivity index (χ1v) is 8.35. The normalized spacial score (nSPS) is 12.6. The van der Waals surface area contributed by atoms with Crippen LogP contribution >= 0.6 is 11.3 Å². The van der Waals surface area contributed by atoms with Crippen molar-refractivity contribution < 1.29 is 21.6 Å². The van der Waals surface area contributed by atoms with Gasteiger partial charge in [-0.05, 0) is 24.6 Å². The zero-order chi connectivity index (χ0) is 16.0. The summed E-state index contributed by atoms with van der Waals surface area (Å²) in [6.45, 7) is 1.62. The highest BCUT2D eigenvalue weighted by molar-refractivity contribution is 7.90. The van der Waals surface area contributed by atoms with E-state index in [1.165, 1.54) is 6.07 Å². The lowest BCUT2D eigenvalue weighted by molar-refractivity contribution is -0.139. The summed E-state index contributed by atoms with van der Waals surface area (Å²) in [5.41, 5.74) is 5.08. The topological polar surface area (TPSA) is 73.0 Å². The zero-order valence-electron chi connectivity index (χ0n) is 11.0. The van der Waals surface area contributed by atoms with Gasteiger partial charge in [-0.1, -0.05) is 17.4 Å². The predicted octanol–water partition coefficient (Wildman–Crippen LogP) is 3.12. The van der Waals surface area contributed by atoms with Crippen LogP contribution in [0.4, 0.5) is 18.3 Å². The van der Waals surface area contributed by atoms with E-state index in [9.17, 15) is 21.6 Å². The highest BCUT2D eigenvalue weighted by Crippen LogP contribution is 2.39. The summed E-state index contributed by atoms with van der Waals surface area (Å²) in [6, 6.07) is 3.10. The molecule has 21 heavy (non-hydrogen) atoms. The van der Waals surface area contributed by atoms with Gasteiger partial charge in [-0.25, -0.2) is 13.4 Å². The number of thiazole rings is 1. The molecule has 9 heteroatoms. The fraction of sp³-hybridized carbons (Fsp3) is 0.250. The first-order chi connectivity index (χ1) is 9.50. The van der Waals surface area contributed by atoms with Gasteiger partial charge in [-0.3, -0.25) is 0 Å². The number of alkyl halides is 3. The molecule has 0 saturated heterocycles. The highest BCUT2D eigenvalue weighted by atomic mass is 32.2. The molecule has 2 N–H and O–H groups in total. The molecule has 1 heterocycles. The number of hydrogen-bond donors (Lipinski definition) is 1. The summed E-state index contributed by atoms with van der Waals surface area (Å²) in [4.78, 5) is 3.69. The van der Waals surface area contributed by atoms with E-state index in [2.05, 4.69) is 4.98 Å². The molecular weight excluding hydrogens is 325 g/mol. The van der Waals surface area contributed by atoms with Crippen LogP contribution in [0.1, 0.15) is 11.3 Å². The molecule has 0 amide bonds. The second-order valence-electron chi connectivity index (χ2n) is 4.45. The number of nitrogens with zero attached hydrogens (tertiary/aromatic N) is 1. The second kappa shape index (κ2) is 4.99. The van der Waals surface area contributed by atoms with E-state index < -0.39 is 26.5 Å². The Bertz CT molecular complexity index is 795. The standard InChI is InChI=1S/C12H11F3N2O2S2/c1-6-10(20-11(16)17-6)7-3-4-9(21(2,18)19)8(5-7)12(13,14)15/h3-5H,1-2H3,(H2,16,17). The minimum atomic E-state index is -4.77. The van der Waals surface area contributed by atoms with Crippen LogP contribution in [0, 0.1) is 6.92 Å². The Balaban J connectivity index is 2.71. The fourth-order valence-electron chi connectivity index (χ4n) is 1.90. The molecule has 4 nitrogen and oxygen atoms in total. The van der Waals surface area contributed by atoms with Gasteiger partial charge >= 0.3 is 6.18 Å². The summed E-state index contributed by atoms with van der Waals surface area (Å²) in [7, 11) is -3.98. The molecule has 2 rings (SSSR count). The summed E-state index contributed by atoms with van der Waals surface area (Å²) in [5.74, 6) is 0. The number of benzene rings is 1. The monoisotopic (exact) mass is 336 g/mol. The van der Waals surface area contributed by atoms with Gasteiger partial charge in [0.25, 0.3) is 0 Å². The molecule has 0 radical (unpaired) electrons. The van der Waals surface area contributed by atoms with Gasteiger partial charge in [-0.15, -0.1) is 0 Å². The Morgan fingerprint density at radius 2 is 1.90 bits per heavy atom. The van der Waals surface area contributed by atoms with Crippen molar-refractivity contribution in [1.82, 2.24) is 4.98 Å². The van der Waals surface area contributed by atoms with E-state index in [-0.39, 0.29) is 10.7 Å². The van der Waals surface area contributed by atoms with Gasteiger partial charge < -0.3 is 5.73 Å². The van der Waals surface area contributed by atoms with E-state index in [0.29, 0.717) is 10.6 Å². The Labute approximate surface area is 123 Å². The van der Waals surface area contributed by atoms with Crippen LogP contribution < -0.4 is 5.73 Å². The molecule has 0 spiro atoms. The van der Waals surface area contributed by atoms with Gasteiger partial charge in [0.1, 0.15) is 0 Å². The Morgan fingerprint density at radius 3 is 2.33 bits per heavy atom. The second-order valence-corrected chi connectivity index (χ2v) is 7.46. The van der Waals surface area contributed by atoms with E-state index in [1.54, 1.807) is 6.92 Å². The van der Waals surface area contributed by atoms with Gasteiger partial charge in [0, 0.05) is 6.26 Å². The summed E-state index contributed by atoms with van der Waals surface area (Å²) < 4.78 is 62.2.